The molecule has 5 nitrogen and oxygen atoms in total. The normalized spacial score (nSPS) is 17.4. The van der Waals surface area contributed by atoms with E-state index in [-0.39, 0.29) is 32.9 Å². The second-order valence-electron chi connectivity index (χ2n) is 7.67. The van der Waals surface area contributed by atoms with Gasteiger partial charge in [0.25, 0.3) is 5.78 Å². The van der Waals surface area contributed by atoms with Gasteiger partial charge >= 0.3 is 6.18 Å². The van der Waals surface area contributed by atoms with Crippen molar-refractivity contribution in [1.82, 2.24) is 19.6 Å². The van der Waals surface area contributed by atoms with Crippen LogP contribution in [0.4, 0.5) is 23.4 Å². The van der Waals surface area contributed by atoms with Crippen molar-refractivity contribution in [2.24, 2.45) is 0 Å². The highest BCUT2D eigenvalue weighted by Crippen LogP contribution is 2.44. The van der Waals surface area contributed by atoms with E-state index in [1.54, 1.807) is 6.55 Å². The lowest BCUT2D eigenvalue weighted by atomic mass is 10.1. The number of hydrogen-bond donors (Lipinski definition) is 1. The first-order valence-corrected chi connectivity index (χ1v) is 13.0. The van der Waals surface area contributed by atoms with Gasteiger partial charge in [-0.2, -0.15) is 32.8 Å². The van der Waals surface area contributed by atoms with E-state index in [1.165, 1.54) is 12.1 Å². The number of halogens is 6. The van der Waals surface area contributed by atoms with Gasteiger partial charge in [-0.15, -0.1) is 0 Å². The zero-order valence-corrected chi connectivity index (χ0v) is 18.3. The highest BCUT2D eigenvalue weighted by molar-refractivity contribution is 6.81. The van der Waals surface area contributed by atoms with Crippen LogP contribution in [0.2, 0.25) is 28.8 Å². The second-order valence-corrected chi connectivity index (χ2v) is 13.3. The van der Waals surface area contributed by atoms with Gasteiger partial charge < -0.3 is 5.32 Å². The average Bonchev–Trinajstić information content (AvgIpc) is 3.29. The summed E-state index contributed by atoms with van der Waals surface area (Å²) in [6.07, 6.45) is -1.84. The van der Waals surface area contributed by atoms with E-state index in [2.05, 4.69) is 20.4 Å². The van der Waals surface area contributed by atoms with Crippen LogP contribution in [0.3, 0.4) is 0 Å². The maximum atomic E-state index is 14.7. The molecule has 0 amide bonds. The van der Waals surface area contributed by atoms with Crippen LogP contribution in [0.25, 0.3) is 16.9 Å². The van der Waals surface area contributed by atoms with Gasteiger partial charge in [0.2, 0.25) is 0 Å². The van der Waals surface area contributed by atoms with Crippen molar-refractivity contribution in [3.8, 4) is 11.1 Å². The number of nitrogens with zero attached hydrogens (tertiary/aromatic N) is 4. The molecule has 3 aromatic rings. The summed E-state index contributed by atoms with van der Waals surface area (Å²) in [5.41, 5.74) is -2.00. The van der Waals surface area contributed by atoms with Crippen LogP contribution in [0.1, 0.15) is 12.8 Å². The highest BCUT2D eigenvalue weighted by Gasteiger charge is 2.54. The maximum absolute atomic E-state index is 14.7. The molecule has 0 saturated carbocycles. The Morgan fingerprint density at radius 1 is 1.17 bits per heavy atom. The summed E-state index contributed by atoms with van der Waals surface area (Å²) in [7, 11) is -2.76. The molecule has 1 fully saturated rings. The summed E-state index contributed by atoms with van der Waals surface area (Å²) in [6.45, 7) is 1.74. The molecule has 1 atom stereocenters. The number of hydrogen-bond acceptors (Lipinski definition) is 4. The summed E-state index contributed by atoms with van der Waals surface area (Å²) < 4.78 is 58.4. The predicted molar refractivity (Wildman–Crippen MR) is 110 cm³/mol. The van der Waals surface area contributed by atoms with Gasteiger partial charge in [0.1, 0.15) is 28.8 Å². The Balaban J connectivity index is 1.96. The summed E-state index contributed by atoms with van der Waals surface area (Å²) in [6, 6.07) is 5.06. The van der Waals surface area contributed by atoms with Gasteiger partial charge in [-0.1, -0.05) is 60.7 Å². The molecule has 30 heavy (non-hydrogen) atoms. The number of fused-ring (bicyclic) bond motifs is 1. The number of nitrogens with one attached hydrogen (secondary N) is 1. The fraction of sp³-hybridized carbons (Fsp3) is 0.389. The predicted octanol–water partition coefficient (Wildman–Crippen LogP) is 5.99. The van der Waals surface area contributed by atoms with Gasteiger partial charge in [0.05, 0.1) is 18.7 Å². The molecule has 1 unspecified atom stereocenters. The molecule has 1 aromatic carbocycles. The molecule has 12 heteroatoms. The van der Waals surface area contributed by atoms with Crippen LogP contribution < -0.4 is 5.32 Å². The van der Waals surface area contributed by atoms with Crippen molar-refractivity contribution in [1.29, 1.82) is 0 Å². The molecule has 3 heterocycles. The van der Waals surface area contributed by atoms with Gasteiger partial charge in [0.15, 0.2) is 0 Å². The van der Waals surface area contributed by atoms with E-state index in [1.807, 2.05) is 0 Å². The Morgan fingerprint density at radius 2 is 1.87 bits per heavy atom. The minimum atomic E-state index is -4.51. The topological polar surface area (TPSA) is 55.1 Å². The minimum absolute atomic E-state index is 0.00196. The molecular formula is C18H17Cl2F4N5Si. The highest BCUT2D eigenvalue weighted by atomic mass is 35.5. The maximum Gasteiger partial charge on any atom is 0.405 e. The van der Waals surface area contributed by atoms with Crippen LogP contribution in [0.15, 0.2) is 24.5 Å². The van der Waals surface area contributed by atoms with Crippen molar-refractivity contribution in [2.75, 3.05) is 5.32 Å². The third-order valence-electron chi connectivity index (χ3n) is 5.65. The molecule has 0 aliphatic carbocycles. The average molecular weight is 478 g/mol. The SMILES string of the molecule is C[Si]1(C(Nc2c(-c3c(F)cccc3Cl)c(Cl)nc3ncnn23)C(F)(F)F)CCCC1. The summed E-state index contributed by atoms with van der Waals surface area (Å²) in [5.74, 6) is -0.864. The minimum Gasteiger partial charge on any atom is -0.361 e. The van der Waals surface area contributed by atoms with Crippen LogP contribution >= 0.6 is 23.2 Å². The first kappa shape index (κ1) is 21.3. The van der Waals surface area contributed by atoms with Crippen molar-refractivity contribution in [3.05, 3.63) is 40.5 Å². The summed E-state index contributed by atoms with van der Waals surface area (Å²) >= 11 is 12.5. The Labute approximate surface area is 180 Å². The lowest BCUT2D eigenvalue weighted by Gasteiger charge is -2.35. The first-order chi connectivity index (χ1) is 14.1. The van der Waals surface area contributed by atoms with E-state index in [0.717, 1.165) is 29.8 Å². The van der Waals surface area contributed by atoms with Crippen LogP contribution in [-0.2, 0) is 0 Å². The molecule has 0 radical (unpaired) electrons. The van der Waals surface area contributed by atoms with Crippen molar-refractivity contribution in [3.63, 3.8) is 0 Å². The fourth-order valence-electron chi connectivity index (χ4n) is 4.17. The Kier molecular flexibility index (Phi) is 5.44. The van der Waals surface area contributed by atoms with Crippen LogP contribution in [0.5, 0.6) is 0 Å². The Bertz CT molecular complexity index is 1080. The Morgan fingerprint density at radius 3 is 2.50 bits per heavy atom. The number of benzene rings is 1. The lowest BCUT2D eigenvalue weighted by molar-refractivity contribution is -0.127. The fourth-order valence-corrected chi connectivity index (χ4v) is 8.90. The molecule has 1 N–H and O–H groups in total. The molecule has 2 aromatic heterocycles. The van der Waals surface area contributed by atoms with Gasteiger partial charge in [-0.05, 0) is 12.1 Å². The molecular weight excluding hydrogens is 461 g/mol. The molecule has 1 aliphatic rings. The summed E-state index contributed by atoms with van der Waals surface area (Å²) in [4.78, 5) is 7.98. The van der Waals surface area contributed by atoms with Gasteiger partial charge in [-0.3, -0.25) is 0 Å². The van der Waals surface area contributed by atoms with E-state index < -0.39 is 25.7 Å². The van der Waals surface area contributed by atoms with Gasteiger partial charge in [-0.25, -0.2) is 4.39 Å². The van der Waals surface area contributed by atoms with Crippen molar-refractivity contribution >= 4 is 42.9 Å². The second kappa shape index (κ2) is 7.65. The Hall–Kier alpha value is -1.91. The summed E-state index contributed by atoms with van der Waals surface area (Å²) in [5, 5.41) is 6.41. The molecule has 1 saturated heterocycles. The van der Waals surface area contributed by atoms with Crippen LogP contribution in [0, 0.1) is 5.82 Å². The van der Waals surface area contributed by atoms with E-state index in [4.69, 9.17) is 23.2 Å². The van der Waals surface area contributed by atoms with E-state index in [0.29, 0.717) is 12.1 Å². The largest absolute Gasteiger partial charge is 0.405 e. The smallest absolute Gasteiger partial charge is 0.361 e. The monoisotopic (exact) mass is 477 g/mol. The zero-order valence-electron chi connectivity index (χ0n) is 15.8. The van der Waals surface area contributed by atoms with E-state index >= 15 is 0 Å². The molecule has 0 spiro atoms. The van der Waals surface area contributed by atoms with Crippen molar-refractivity contribution < 1.29 is 17.6 Å². The lowest BCUT2D eigenvalue weighted by Crippen LogP contribution is -2.56. The van der Waals surface area contributed by atoms with Crippen LogP contribution in [-0.4, -0.2) is 39.5 Å². The zero-order chi connectivity index (χ0) is 21.7. The third kappa shape index (κ3) is 3.65. The number of alkyl halides is 3. The van der Waals surface area contributed by atoms with Gasteiger partial charge in [0, 0.05) is 5.56 Å². The van der Waals surface area contributed by atoms with Crippen molar-refractivity contribution in [2.45, 2.75) is 43.3 Å². The first-order valence-electron chi connectivity index (χ1n) is 9.29. The number of aromatic nitrogens is 4. The molecule has 1 aliphatic heterocycles. The standard InChI is InChI=1S/C18H17Cl2F4N5Si/c1-30(7-2-3-8-30)16(18(22,23)24)28-15-13(12-10(19)5-4-6-11(12)21)14(20)27-17-25-9-26-29(15)17/h4-6,9,16,28H,2-3,7-8H2,1H3. The number of rotatable bonds is 4. The van der Waals surface area contributed by atoms with E-state index in [9.17, 15) is 17.6 Å². The molecule has 4 rings (SSSR count). The number of anilines is 1. The third-order valence-corrected chi connectivity index (χ3v) is 11.1. The quantitative estimate of drug-likeness (QED) is 0.284. The molecule has 0 bridgehead atoms. The molecule has 160 valence electrons.